The molecule has 1 aromatic carbocycles. The highest BCUT2D eigenvalue weighted by Gasteiger charge is 2.29. The Kier molecular flexibility index (Phi) is 5.17. The van der Waals surface area contributed by atoms with E-state index in [0.29, 0.717) is 31.7 Å². The molecular formula is C18H20F2N6O2S. The van der Waals surface area contributed by atoms with E-state index in [1.807, 2.05) is 6.92 Å². The molecule has 8 nitrogen and oxygen atoms in total. The molecule has 0 aliphatic carbocycles. The van der Waals surface area contributed by atoms with E-state index < -0.39 is 22.3 Å². The van der Waals surface area contributed by atoms with Gasteiger partial charge >= 0.3 is 0 Å². The third-order valence-corrected chi connectivity index (χ3v) is 6.86. The number of alkyl halides is 2. The van der Waals surface area contributed by atoms with Crippen LogP contribution in [-0.4, -0.2) is 51.7 Å². The fourth-order valence-corrected chi connectivity index (χ4v) is 4.80. The summed E-state index contributed by atoms with van der Waals surface area (Å²) in [6, 6.07) is 9.99. The van der Waals surface area contributed by atoms with Gasteiger partial charge in [0.05, 0.1) is 4.90 Å². The van der Waals surface area contributed by atoms with Gasteiger partial charge in [-0.15, -0.1) is 15.3 Å². The molecule has 1 aliphatic rings. The largest absolute Gasteiger partial charge is 0.366 e. The van der Waals surface area contributed by atoms with Crippen LogP contribution in [-0.2, 0) is 10.0 Å². The third-order valence-electron chi connectivity index (χ3n) is 4.95. The number of hydrogen-bond acceptors (Lipinski definition) is 6. The van der Waals surface area contributed by atoms with Crippen molar-refractivity contribution in [2.75, 3.05) is 18.4 Å². The minimum Gasteiger partial charge on any atom is -0.366 e. The van der Waals surface area contributed by atoms with Crippen molar-refractivity contribution in [1.82, 2.24) is 24.1 Å². The van der Waals surface area contributed by atoms with Gasteiger partial charge in [0.25, 0.3) is 6.43 Å². The molecule has 0 radical (unpaired) electrons. The lowest BCUT2D eigenvalue weighted by atomic mass is 10.1. The Morgan fingerprint density at radius 3 is 2.41 bits per heavy atom. The van der Waals surface area contributed by atoms with Crippen molar-refractivity contribution in [1.29, 1.82) is 0 Å². The zero-order valence-electron chi connectivity index (χ0n) is 15.7. The van der Waals surface area contributed by atoms with Crippen LogP contribution in [0.25, 0.3) is 5.65 Å². The highest BCUT2D eigenvalue weighted by atomic mass is 32.2. The van der Waals surface area contributed by atoms with E-state index in [-0.39, 0.29) is 16.6 Å². The first-order chi connectivity index (χ1) is 13.8. The average Bonchev–Trinajstić information content (AvgIpc) is 3.12. The van der Waals surface area contributed by atoms with Crippen LogP contribution in [0.4, 0.5) is 14.6 Å². The Labute approximate surface area is 166 Å². The fourth-order valence-electron chi connectivity index (χ4n) is 3.33. The minimum atomic E-state index is -3.53. The second kappa shape index (κ2) is 7.64. The van der Waals surface area contributed by atoms with E-state index in [1.54, 1.807) is 36.4 Å². The number of fused-ring (bicyclic) bond motifs is 1. The van der Waals surface area contributed by atoms with Crippen molar-refractivity contribution in [2.24, 2.45) is 0 Å². The van der Waals surface area contributed by atoms with Crippen molar-refractivity contribution in [3.05, 3.63) is 47.8 Å². The van der Waals surface area contributed by atoms with E-state index in [1.165, 1.54) is 4.31 Å². The van der Waals surface area contributed by atoms with Gasteiger partial charge in [-0.25, -0.2) is 17.2 Å². The SMILES string of the molecule is Cc1ccc(S(=O)(=O)N2CCC(Nc3ccc4nnc(C(F)F)n4n3)CC2)cc1. The molecule has 0 saturated carbocycles. The predicted octanol–water partition coefficient (Wildman–Crippen LogP) is 2.64. The number of nitrogens with one attached hydrogen (secondary N) is 1. The zero-order chi connectivity index (χ0) is 20.6. The standard InChI is InChI=1S/C18H20F2N6O2S/c1-12-2-4-14(5-3-12)29(27,28)25-10-8-13(9-11-25)21-15-6-7-16-22-23-18(17(19)20)26(16)24-15/h2-7,13,17H,8-11H2,1H3,(H,21,24). The van der Waals surface area contributed by atoms with Crippen LogP contribution in [0, 0.1) is 6.92 Å². The Balaban J connectivity index is 1.43. The maximum atomic E-state index is 13.0. The fraction of sp³-hybridized carbons (Fsp3) is 0.389. The molecule has 0 bridgehead atoms. The Bertz CT molecular complexity index is 1110. The molecule has 1 aliphatic heterocycles. The molecule has 11 heteroatoms. The van der Waals surface area contributed by atoms with Gasteiger partial charge < -0.3 is 5.32 Å². The highest BCUT2D eigenvalue weighted by molar-refractivity contribution is 7.89. The molecule has 3 aromatic rings. The van der Waals surface area contributed by atoms with E-state index in [2.05, 4.69) is 20.6 Å². The summed E-state index contributed by atoms with van der Waals surface area (Å²) in [6.45, 7) is 2.64. The van der Waals surface area contributed by atoms with Gasteiger partial charge in [0.15, 0.2) is 5.65 Å². The number of aromatic nitrogens is 4. The summed E-state index contributed by atoms with van der Waals surface area (Å²) < 4.78 is 54.0. The van der Waals surface area contributed by atoms with Crippen molar-refractivity contribution in [2.45, 2.75) is 37.1 Å². The molecular weight excluding hydrogens is 402 g/mol. The molecule has 2 aromatic heterocycles. The second-order valence-corrected chi connectivity index (χ2v) is 8.92. The number of halogens is 2. The van der Waals surface area contributed by atoms with Crippen LogP contribution >= 0.6 is 0 Å². The molecule has 1 fully saturated rings. The van der Waals surface area contributed by atoms with E-state index in [9.17, 15) is 17.2 Å². The van der Waals surface area contributed by atoms with Crippen LogP contribution in [0.3, 0.4) is 0 Å². The van der Waals surface area contributed by atoms with Gasteiger partial charge in [-0.2, -0.15) is 8.82 Å². The van der Waals surface area contributed by atoms with Crippen LogP contribution in [0.5, 0.6) is 0 Å². The number of anilines is 1. The van der Waals surface area contributed by atoms with Crippen molar-refractivity contribution in [3.8, 4) is 0 Å². The van der Waals surface area contributed by atoms with Gasteiger partial charge in [-0.05, 0) is 44.0 Å². The summed E-state index contributed by atoms with van der Waals surface area (Å²) in [5.41, 5.74) is 1.24. The van der Waals surface area contributed by atoms with Crippen molar-refractivity contribution >= 4 is 21.5 Å². The lowest BCUT2D eigenvalue weighted by Crippen LogP contribution is -2.42. The van der Waals surface area contributed by atoms with Gasteiger partial charge in [0, 0.05) is 19.1 Å². The molecule has 0 amide bonds. The van der Waals surface area contributed by atoms with Gasteiger partial charge in [0.2, 0.25) is 15.8 Å². The van der Waals surface area contributed by atoms with Gasteiger partial charge in [-0.3, -0.25) is 0 Å². The molecule has 154 valence electrons. The normalized spacial score (nSPS) is 16.6. The Morgan fingerprint density at radius 1 is 1.07 bits per heavy atom. The Hall–Kier alpha value is -2.66. The summed E-state index contributed by atoms with van der Waals surface area (Å²) >= 11 is 0. The van der Waals surface area contributed by atoms with Crippen LogP contribution in [0.1, 0.15) is 30.7 Å². The second-order valence-electron chi connectivity index (χ2n) is 6.98. The van der Waals surface area contributed by atoms with Gasteiger partial charge in [-0.1, -0.05) is 17.7 Å². The van der Waals surface area contributed by atoms with Crippen molar-refractivity contribution in [3.63, 3.8) is 0 Å². The Morgan fingerprint density at radius 2 is 1.76 bits per heavy atom. The number of rotatable bonds is 5. The zero-order valence-corrected chi connectivity index (χ0v) is 16.5. The molecule has 0 spiro atoms. The predicted molar refractivity (Wildman–Crippen MR) is 102 cm³/mol. The number of piperidine rings is 1. The first-order valence-corrected chi connectivity index (χ1v) is 10.6. The summed E-state index contributed by atoms with van der Waals surface area (Å²) in [6.07, 6.45) is -1.62. The highest BCUT2D eigenvalue weighted by Crippen LogP contribution is 2.23. The molecule has 29 heavy (non-hydrogen) atoms. The third kappa shape index (κ3) is 3.92. The van der Waals surface area contributed by atoms with Crippen LogP contribution in [0.2, 0.25) is 0 Å². The number of hydrogen-bond donors (Lipinski definition) is 1. The smallest absolute Gasteiger partial charge is 0.299 e. The van der Waals surface area contributed by atoms with Crippen LogP contribution in [0.15, 0.2) is 41.3 Å². The first-order valence-electron chi connectivity index (χ1n) is 9.18. The maximum Gasteiger partial charge on any atom is 0.299 e. The molecule has 3 heterocycles. The molecule has 1 saturated heterocycles. The molecule has 0 unspecified atom stereocenters. The van der Waals surface area contributed by atoms with Crippen molar-refractivity contribution < 1.29 is 17.2 Å². The molecule has 0 atom stereocenters. The molecule has 1 N–H and O–H groups in total. The number of aryl methyl sites for hydroxylation is 1. The molecule has 4 rings (SSSR count). The topological polar surface area (TPSA) is 92.5 Å². The lowest BCUT2D eigenvalue weighted by molar-refractivity contribution is 0.137. The van der Waals surface area contributed by atoms with E-state index in [4.69, 9.17) is 0 Å². The minimum absolute atomic E-state index is 0.0177. The number of benzene rings is 1. The quantitative estimate of drug-likeness (QED) is 0.680. The first kappa shape index (κ1) is 19.6. The van der Waals surface area contributed by atoms with E-state index >= 15 is 0 Å². The lowest BCUT2D eigenvalue weighted by Gasteiger charge is -2.31. The summed E-state index contributed by atoms with van der Waals surface area (Å²) in [7, 11) is -3.53. The number of nitrogens with zero attached hydrogens (tertiary/aromatic N) is 5. The summed E-state index contributed by atoms with van der Waals surface area (Å²) in [4.78, 5) is 0.286. The summed E-state index contributed by atoms with van der Waals surface area (Å²) in [5, 5.41) is 14.5. The summed E-state index contributed by atoms with van der Waals surface area (Å²) in [5.74, 6) is -0.0956. The van der Waals surface area contributed by atoms with Gasteiger partial charge in [0.1, 0.15) is 5.82 Å². The number of sulfonamides is 1. The monoisotopic (exact) mass is 422 g/mol. The van der Waals surface area contributed by atoms with E-state index in [0.717, 1.165) is 10.1 Å². The maximum absolute atomic E-state index is 13.0. The average molecular weight is 422 g/mol. The van der Waals surface area contributed by atoms with Crippen LogP contribution < -0.4 is 5.32 Å².